The van der Waals surface area contributed by atoms with E-state index in [1.807, 2.05) is 11.6 Å². The first-order valence-electron chi connectivity index (χ1n) is 6.69. The van der Waals surface area contributed by atoms with Crippen LogP contribution in [0.25, 0.3) is 0 Å². The second kappa shape index (κ2) is 5.95. The molecular formula is C15H19BrFN3. The summed E-state index contributed by atoms with van der Waals surface area (Å²) in [6, 6.07) is 4.77. The zero-order valence-electron chi connectivity index (χ0n) is 12.2. The number of hydrogen-bond acceptors (Lipinski definition) is 2. The molecule has 20 heavy (non-hydrogen) atoms. The normalized spacial score (nSPS) is 12.5. The number of aromatic nitrogens is 2. The van der Waals surface area contributed by atoms with Crippen LogP contribution in [0.15, 0.2) is 22.7 Å². The van der Waals surface area contributed by atoms with Gasteiger partial charge in [0.2, 0.25) is 0 Å². The van der Waals surface area contributed by atoms with Gasteiger partial charge in [0, 0.05) is 28.0 Å². The Labute approximate surface area is 127 Å². The van der Waals surface area contributed by atoms with Crippen molar-refractivity contribution in [1.29, 1.82) is 0 Å². The molecule has 1 unspecified atom stereocenters. The van der Waals surface area contributed by atoms with Gasteiger partial charge < -0.3 is 5.32 Å². The third kappa shape index (κ3) is 2.87. The Hall–Kier alpha value is -1.36. The van der Waals surface area contributed by atoms with Crippen LogP contribution in [0.2, 0.25) is 0 Å². The molecule has 1 heterocycles. The van der Waals surface area contributed by atoms with Crippen LogP contribution in [0, 0.1) is 19.7 Å². The van der Waals surface area contributed by atoms with Gasteiger partial charge in [-0.05, 0) is 61.8 Å². The molecule has 1 aromatic heterocycles. The van der Waals surface area contributed by atoms with Crippen LogP contribution < -0.4 is 5.32 Å². The van der Waals surface area contributed by atoms with E-state index in [0.29, 0.717) is 0 Å². The molecule has 3 nitrogen and oxygen atoms in total. The van der Waals surface area contributed by atoms with Gasteiger partial charge in [0.25, 0.3) is 0 Å². The van der Waals surface area contributed by atoms with Gasteiger partial charge >= 0.3 is 0 Å². The maximum Gasteiger partial charge on any atom is 0.124 e. The molecular weight excluding hydrogens is 321 g/mol. The molecule has 5 heteroatoms. The minimum Gasteiger partial charge on any atom is -0.377 e. The van der Waals surface area contributed by atoms with Crippen molar-refractivity contribution in [2.75, 3.05) is 5.32 Å². The van der Waals surface area contributed by atoms with Crippen LogP contribution in [0.4, 0.5) is 10.1 Å². The first-order chi connectivity index (χ1) is 9.43. The van der Waals surface area contributed by atoms with Crippen LogP contribution >= 0.6 is 15.9 Å². The smallest absolute Gasteiger partial charge is 0.124 e. The zero-order chi connectivity index (χ0) is 14.9. The predicted molar refractivity (Wildman–Crippen MR) is 83.5 cm³/mol. The number of nitrogens with zero attached hydrogens (tertiary/aromatic N) is 2. The summed E-state index contributed by atoms with van der Waals surface area (Å²) in [5.41, 5.74) is 4.27. The number of aryl methyl sites for hydroxylation is 2. The van der Waals surface area contributed by atoms with E-state index in [9.17, 15) is 4.39 Å². The molecule has 1 N–H and O–H groups in total. The van der Waals surface area contributed by atoms with Crippen LogP contribution in [0.5, 0.6) is 0 Å². The van der Waals surface area contributed by atoms with Crippen LogP contribution in [0.1, 0.15) is 36.8 Å². The summed E-state index contributed by atoms with van der Waals surface area (Å²) in [7, 11) is 0. The lowest BCUT2D eigenvalue weighted by molar-refractivity contribution is 0.627. The number of anilines is 1. The maximum atomic E-state index is 13.1. The van der Waals surface area contributed by atoms with E-state index in [1.54, 1.807) is 6.07 Å². The molecule has 1 aromatic carbocycles. The maximum absolute atomic E-state index is 13.1. The summed E-state index contributed by atoms with van der Waals surface area (Å²) in [6.07, 6.45) is 0. The van der Waals surface area contributed by atoms with Gasteiger partial charge in [-0.3, -0.25) is 4.68 Å². The van der Waals surface area contributed by atoms with E-state index in [4.69, 9.17) is 0 Å². The number of halogens is 2. The predicted octanol–water partition coefficient (Wildman–Crippen LogP) is 4.59. The molecule has 2 rings (SSSR count). The number of rotatable bonds is 4. The quantitative estimate of drug-likeness (QED) is 0.882. The van der Waals surface area contributed by atoms with Crippen molar-refractivity contribution in [3.63, 3.8) is 0 Å². The standard InChI is InChI=1S/C15H19BrFN3/c1-5-20-11(4)15(10(3)19-20)9(2)18-14-7-6-12(17)8-13(14)16/h6-9,18H,5H2,1-4H3. The molecule has 0 amide bonds. The average molecular weight is 340 g/mol. The lowest BCUT2D eigenvalue weighted by atomic mass is 10.1. The molecule has 0 saturated carbocycles. The van der Waals surface area contributed by atoms with Crippen molar-refractivity contribution in [2.45, 2.75) is 40.3 Å². The van der Waals surface area contributed by atoms with Crippen molar-refractivity contribution >= 4 is 21.6 Å². The van der Waals surface area contributed by atoms with Gasteiger partial charge in [0.1, 0.15) is 5.82 Å². The molecule has 1 atom stereocenters. The van der Waals surface area contributed by atoms with Crippen LogP contribution in [-0.2, 0) is 6.54 Å². The van der Waals surface area contributed by atoms with Crippen LogP contribution in [0.3, 0.4) is 0 Å². The van der Waals surface area contributed by atoms with Gasteiger partial charge in [0.05, 0.1) is 11.7 Å². The topological polar surface area (TPSA) is 29.9 Å². The molecule has 0 aliphatic carbocycles. The number of hydrogen-bond donors (Lipinski definition) is 1. The highest BCUT2D eigenvalue weighted by Gasteiger charge is 2.17. The first kappa shape index (κ1) is 15.0. The van der Waals surface area contributed by atoms with E-state index in [1.165, 1.54) is 23.4 Å². The van der Waals surface area contributed by atoms with E-state index in [0.717, 1.165) is 22.4 Å². The summed E-state index contributed by atoms with van der Waals surface area (Å²) in [6.45, 7) is 9.13. The number of nitrogens with one attached hydrogen (secondary N) is 1. The highest BCUT2D eigenvalue weighted by molar-refractivity contribution is 9.10. The highest BCUT2D eigenvalue weighted by Crippen LogP contribution is 2.29. The fourth-order valence-electron chi connectivity index (χ4n) is 2.56. The van der Waals surface area contributed by atoms with Gasteiger partial charge in [-0.2, -0.15) is 5.10 Å². The van der Waals surface area contributed by atoms with Crippen molar-refractivity contribution in [3.05, 3.63) is 45.4 Å². The Bertz CT molecular complexity index is 622. The zero-order valence-corrected chi connectivity index (χ0v) is 13.8. The number of benzene rings is 1. The Kier molecular flexibility index (Phi) is 4.48. The molecule has 0 spiro atoms. The average Bonchev–Trinajstić information content (AvgIpc) is 2.67. The summed E-state index contributed by atoms with van der Waals surface area (Å²) >= 11 is 3.38. The second-order valence-corrected chi connectivity index (χ2v) is 5.74. The van der Waals surface area contributed by atoms with E-state index < -0.39 is 0 Å². The molecule has 0 radical (unpaired) electrons. The summed E-state index contributed by atoms with van der Waals surface area (Å²) in [4.78, 5) is 0. The minimum atomic E-state index is -0.249. The molecule has 0 aliphatic heterocycles. The third-order valence-corrected chi connectivity index (χ3v) is 4.13. The largest absolute Gasteiger partial charge is 0.377 e. The van der Waals surface area contributed by atoms with Crippen LogP contribution in [-0.4, -0.2) is 9.78 Å². The molecule has 0 saturated heterocycles. The molecule has 0 aliphatic rings. The molecule has 0 fully saturated rings. The van der Waals surface area contributed by atoms with Gasteiger partial charge in [-0.1, -0.05) is 0 Å². The molecule has 108 valence electrons. The lowest BCUT2D eigenvalue weighted by Gasteiger charge is -2.17. The van der Waals surface area contributed by atoms with Crippen molar-refractivity contribution in [3.8, 4) is 0 Å². The third-order valence-electron chi connectivity index (χ3n) is 3.47. The van der Waals surface area contributed by atoms with E-state index in [2.05, 4.69) is 47.1 Å². The Morgan fingerprint density at radius 2 is 2.10 bits per heavy atom. The first-order valence-corrected chi connectivity index (χ1v) is 7.48. The van der Waals surface area contributed by atoms with Gasteiger partial charge in [-0.25, -0.2) is 4.39 Å². The van der Waals surface area contributed by atoms with E-state index in [-0.39, 0.29) is 11.9 Å². The lowest BCUT2D eigenvalue weighted by Crippen LogP contribution is -2.09. The van der Waals surface area contributed by atoms with Crippen molar-refractivity contribution in [2.24, 2.45) is 0 Å². The van der Waals surface area contributed by atoms with E-state index >= 15 is 0 Å². The fourth-order valence-corrected chi connectivity index (χ4v) is 3.02. The highest BCUT2D eigenvalue weighted by atomic mass is 79.9. The van der Waals surface area contributed by atoms with Crippen molar-refractivity contribution in [1.82, 2.24) is 9.78 Å². The van der Waals surface area contributed by atoms with Gasteiger partial charge in [-0.15, -0.1) is 0 Å². The molecule has 2 aromatic rings. The van der Waals surface area contributed by atoms with Crippen molar-refractivity contribution < 1.29 is 4.39 Å². The fraction of sp³-hybridized carbons (Fsp3) is 0.400. The SMILES string of the molecule is CCn1nc(C)c(C(C)Nc2ccc(F)cc2Br)c1C. The summed E-state index contributed by atoms with van der Waals surface area (Å²) in [5.74, 6) is -0.249. The summed E-state index contributed by atoms with van der Waals surface area (Å²) in [5, 5.41) is 7.94. The Morgan fingerprint density at radius 3 is 2.65 bits per heavy atom. The minimum absolute atomic E-state index is 0.108. The molecule has 0 bridgehead atoms. The Balaban J connectivity index is 2.28. The summed E-state index contributed by atoms with van der Waals surface area (Å²) < 4.78 is 15.8. The van der Waals surface area contributed by atoms with Gasteiger partial charge in [0.15, 0.2) is 0 Å². The Morgan fingerprint density at radius 1 is 1.40 bits per heavy atom. The second-order valence-electron chi connectivity index (χ2n) is 4.89. The monoisotopic (exact) mass is 339 g/mol.